The van der Waals surface area contributed by atoms with E-state index < -0.39 is 6.10 Å². The molecule has 0 saturated carbocycles. The maximum absolute atomic E-state index is 13.0. The van der Waals surface area contributed by atoms with Crippen molar-refractivity contribution in [2.75, 3.05) is 44.8 Å². The molecule has 29 heavy (non-hydrogen) atoms. The summed E-state index contributed by atoms with van der Waals surface area (Å²) in [7, 11) is 1.61. The lowest BCUT2D eigenvalue weighted by Gasteiger charge is -2.49. The van der Waals surface area contributed by atoms with E-state index in [-0.39, 0.29) is 18.1 Å². The zero-order valence-electron chi connectivity index (χ0n) is 17.4. The molecule has 2 saturated heterocycles. The van der Waals surface area contributed by atoms with Gasteiger partial charge in [-0.2, -0.15) is 0 Å². The van der Waals surface area contributed by atoms with Crippen LogP contribution in [0.15, 0.2) is 67.3 Å². The SMILES string of the molecule is C=C/C=C(\C=C)CCN1CCC2(CC1)CN(c1ccccc1)C(=O)[C@@H](COC)O2. The fourth-order valence-corrected chi connectivity index (χ4v) is 4.16. The van der Waals surface area contributed by atoms with Crippen LogP contribution in [0, 0.1) is 0 Å². The summed E-state index contributed by atoms with van der Waals surface area (Å²) in [5, 5.41) is 0. The highest BCUT2D eigenvalue weighted by Crippen LogP contribution is 2.35. The Balaban J connectivity index is 1.67. The molecule has 1 spiro atoms. The average molecular weight is 397 g/mol. The molecule has 0 bridgehead atoms. The van der Waals surface area contributed by atoms with Crippen molar-refractivity contribution >= 4 is 11.6 Å². The lowest BCUT2D eigenvalue weighted by atomic mass is 9.88. The van der Waals surface area contributed by atoms with Crippen LogP contribution in [0.25, 0.3) is 0 Å². The molecule has 0 N–H and O–H groups in total. The lowest BCUT2D eigenvalue weighted by Crippen LogP contribution is -2.63. The number of amides is 1. The molecule has 0 radical (unpaired) electrons. The Bertz CT molecular complexity index is 736. The van der Waals surface area contributed by atoms with Gasteiger partial charge in [-0.25, -0.2) is 0 Å². The fourth-order valence-electron chi connectivity index (χ4n) is 4.16. The van der Waals surface area contributed by atoms with Crippen LogP contribution in [-0.4, -0.2) is 62.4 Å². The molecule has 2 fully saturated rings. The number of benzene rings is 1. The van der Waals surface area contributed by atoms with E-state index in [9.17, 15) is 4.79 Å². The summed E-state index contributed by atoms with van der Waals surface area (Å²) in [6, 6.07) is 9.87. The van der Waals surface area contributed by atoms with Crippen molar-refractivity contribution in [3.8, 4) is 0 Å². The first-order valence-electron chi connectivity index (χ1n) is 10.3. The number of likely N-dealkylation sites (tertiary alicyclic amines) is 1. The zero-order valence-corrected chi connectivity index (χ0v) is 17.4. The first-order chi connectivity index (χ1) is 14.1. The van der Waals surface area contributed by atoms with E-state index in [2.05, 4.69) is 18.1 Å². The monoisotopic (exact) mass is 396 g/mol. The van der Waals surface area contributed by atoms with Gasteiger partial charge in [0.25, 0.3) is 5.91 Å². The number of morpholine rings is 1. The molecule has 5 heteroatoms. The van der Waals surface area contributed by atoms with E-state index in [0.29, 0.717) is 6.54 Å². The van der Waals surface area contributed by atoms with Crippen molar-refractivity contribution in [2.24, 2.45) is 0 Å². The number of methoxy groups -OCH3 is 1. The van der Waals surface area contributed by atoms with E-state index in [1.807, 2.05) is 53.5 Å². The highest BCUT2D eigenvalue weighted by Gasteiger charge is 2.47. The number of piperidine rings is 1. The Hall–Kier alpha value is -2.21. The number of nitrogens with zero attached hydrogens (tertiary/aromatic N) is 2. The summed E-state index contributed by atoms with van der Waals surface area (Å²) in [6.07, 6.45) is 7.94. The minimum Gasteiger partial charge on any atom is -0.381 e. The molecular formula is C24H32N2O3. The van der Waals surface area contributed by atoms with Crippen LogP contribution < -0.4 is 4.90 Å². The van der Waals surface area contributed by atoms with Crippen molar-refractivity contribution in [1.82, 2.24) is 4.90 Å². The molecule has 2 heterocycles. The third kappa shape index (κ3) is 5.24. The largest absolute Gasteiger partial charge is 0.381 e. The number of carbonyl (C=O) groups excluding carboxylic acids is 1. The number of hydrogen-bond donors (Lipinski definition) is 0. The first-order valence-corrected chi connectivity index (χ1v) is 10.3. The van der Waals surface area contributed by atoms with Crippen molar-refractivity contribution in [2.45, 2.75) is 31.0 Å². The Morgan fingerprint density at radius 2 is 2.00 bits per heavy atom. The summed E-state index contributed by atoms with van der Waals surface area (Å²) in [4.78, 5) is 17.3. The van der Waals surface area contributed by atoms with Crippen molar-refractivity contribution in [1.29, 1.82) is 0 Å². The Labute approximate surface area is 174 Å². The van der Waals surface area contributed by atoms with Crippen molar-refractivity contribution < 1.29 is 14.3 Å². The minimum absolute atomic E-state index is 0.0173. The van der Waals surface area contributed by atoms with E-state index in [1.165, 1.54) is 5.57 Å². The molecule has 0 unspecified atom stereocenters. The van der Waals surface area contributed by atoms with Gasteiger partial charge in [0, 0.05) is 32.4 Å². The van der Waals surface area contributed by atoms with Crippen LogP contribution in [0.4, 0.5) is 5.69 Å². The molecule has 0 aliphatic carbocycles. The number of hydrogen-bond acceptors (Lipinski definition) is 4. The topological polar surface area (TPSA) is 42.0 Å². The average Bonchev–Trinajstić information content (AvgIpc) is 2.75. The maximum atomic E-state index is 13.0. The van der Waals surface area contributed by atoms with Gasteiger partial charge >= 0.3 is 0 Å². The van der Waals surface area contributed by atoms with Gasteiger partial charge < -0.3 is 19.3 Å². The summed E-state index contributed by atoms with van der Waals surface area (Å²) >= 11 is 0. The van der Waals surface area contributed by atoms with Gasteiger partial charge in [0.2, 0.25) is 0 Å². The van der Waals surface area contributed by atoms with Gasteiger partial charge in [-0.15, -0.1) is 0 Å². The predicted molar refractivity (Wildman–Crippen MR) is 117 cm³/mol. The van der Waals surface area contributed by atoms with E-state index in [0.717, 1.165) is 44.6 Å². The van der Waals surface area contributed by atoms with Crippen LogP contribution in [-0.2, 0) is 14.3 Å². The number of ether oxygens (including phenoxy) is 2. The van der Waals surface area contributed by atoms with Crippen LogP contribution in [0.5, 0.6) is 0 Å². The van der Waals surface area contributed by atoms with Crippen LogP contribution >= 0.6 is 0 Å². The molecular weight excluding hydrogens is 364 g/mol. The molecule has 1 aromatic rings. The van der Waals surface area contributed by atoms with Gasteiger partial charge in [-0.05, 0) is 37.0 Å². The molecule has 5 nitrogen and oxygen atoms in total. The third-order valence-electron chi connectivity index (χ3n) is 5.84. The Morgan fingerprint density at radius 1 is 1.28 bits per heavy atom. The minimum atomic E-state index is -0.552. The second-order valence-corrected chi connectivity index (χ2v) is 7.78. The van der Waals surface area contributed by atoms with Gasteiger partial charge in [0.05, 0.1) is 18.8 Å². The first kappa shape index (κ1) is 21.5. The van der Waals surface area contributed by atoms with Gasteiger partial charge in [0.1, 0.15) is 0 Å². The van der Waals surface area contributed by atoms with Crippen LogP contribution in [0.1, 0.15) is 19.3 Å². The van der Waals surface area contributed by atoms with Gasteiger partial charge in [-0.1, -0.05) is 49.6 Å². The van der Waals surface area contributed by atoms with Crippen molar-refractivity contribution in [3.05, 3.63) is 67.3 Å². The normalized spacial score (nSPS) is 22.7. The van der Waals surface area contributed by atoms with Crippen LogP contribution in [0.3, 0.4) is 0 Å². The van der Waals surface area contributed by atoms with Gasteiger partial charge in [-0.3, -0.25) is 4.79 Å². The number of carbonyl (C=O) groups is 1. The molecule has 0 aromatic heterocycles. The fraction of sp³-hybridized carbons (Fsp3) is 0.458. The summed E-state index contributed by atoms with van der Waals surface area (Å²) in [5.74, 6) is -0.0173. The van der Waals surface area contributed by atoms with E-state index >= 15 is 0 Å². The Morgan fingerprint density at radius 3 is 2.62 bits per heavy atom. The smallest absolute Gasteiger partial charge is 0.258 e. The molecule has 2 aliphatic rings. The molecule has 1 aromatic carbocycles. The molecule has 3 rings (SSSR count). The molecule has 156 valence electrons. The number of anilines is 1. The highest BCUT2D eigenvalue weighted by molar-refractivity contribution is 5.97. The summed E-state index contributed by atoms with van der Waals surface area (Å²) in [6.45, 7) is 11.4. The van der Waals surface area contributed by atoms with Crippen molar-refractivity contribution in [3.63, 3.8) is 0 Å². The number of para-hydroxylation sites is 1. The lowest BCUT2D eigenvalue weighted by molar-refractivity contribution is -0.172. The number of allylic oxidation sites excluding steroid dienone is 3. The van der Waals surface area contributed by atoms with E-state index in [1.54, 1.807) is 7.11 Å². The quantitative estimate of drug-likeness (QED) is 0.630. The second kappa shape index (κ2) is 10.0. The third-order valence-corrected chi connectivity index (χ3v) is 5.84. The molecule has 2 aliphatic heterocycles. The second-order valence-electron chi connectivity index (χ2n) is 7.78. The zero-order chi connectivity index (χ0) is 20.7. The van der Waals surface area contributed by atoms with Gasteiger partial charge in [0.15, 0.2) is 6.10 Å². The summed E-state index contributed by atoms with van der Waals surface area (Å²) in [5.41, 5.74) is 1.81. The van der Waals surface area contributed by atoms with Crippen LogP contribution in [0.2, 0.25) is 0 Å². The van der Waals surface area contributed by atoms with E-state index in [4.69, 9.17) is 9.47 Å². The number of rotatable bonds is 8. The Kier molecular flexibility index (Phi) is 7.42. The highest BCUT2D eigenvalue weighted by atomic mass is 16.6. The standard InChI is InChI=1S/C24H32N2O3/c1-4-9-20(5-2)12-15-25-16-13-24(14-17-25)19-26(21-10-7-6-8-11-21)23(27)22(29-24)18-28-3/h4-11,22H,1-2,12-19H2,3H3/b20-9+/t22-/m1/s1. The predicted octanol–water partition coefficient (Wildman–Crippen LogP) is 3.59. The maximum Gasteiger partial charge on any atom is 0.258 e. The molecule has 1 atom stereocenters. The summed E-state index contributed by atoms with van der Waals surface area (Å²) < 4.78 is 11.7. The molecule has 1 amide bonds.